The van der Waals surface area contributed by atoms with Crippen molar-refractivity contribution in [3.63, 3.8) is 0 Å². The van der Waals surface area contributed by atoms with Crippen molar-refractivity contribution in [1.82, 2.24) is 15.2 Å². The number of aromatic amines is 1. The van der Waals surface area contributed by atoms with Gasteiger partial charge in [-0.15, -0.1) is 0 Å². The van der Waals surface area contributed by atoms with Gasteiger partial charge in [-0.2, -0.15) is 0 Å². The number of hydrogen-bond donors (Lipinski definition) is 2. The van der Waals surface area contributed by atoms with Crippen LogP contribution in [0.15, 0.2) is 54.7 Å². The number of nitrogens with zero attached hydrogens (tertiary/aromatic N) is 1. The molecule has 5 nitrogen and oxygen atoms in total. The van der Waals surface area contributed by atoms with Crippen molar-refractivity contribution in [2.24, 2.45) is 5.92 Å². The van der Waals surface area contributed by atoms with Gasteiger partial charge in [0.1, 0.15) is 0 Å². The molecule has 1 aromatic heterocycles. The number of hydrogen-bond acceptors (Lipinski definition) is 2. The molecule has 4 rings (SSSR count). The molecule has 0 radical (unpaired) electrons. The van der Waals surface area contributed by atoms with Crippen molar-refractivity contribution >= 4 is 34.3 Å². The summed E-state index contributed by atoms with van der Waals surface area (Å²) in [7, 11) is 0. The van der Waals surface area contributed by atoms with E-state index in [2.05, 4.69) is 10.3 Å². The molecular formula is C23H24ClN3O2. The smallest absolute Gasteiger partial charge is 0.225 e. The zero-order chi connectivity index (χ0) is 20.2. The summed E-state index contributed by atoms with van der Waals surface area (Å²) >= 11 is 6.11. The largest absolute Gasteiger partial charge is 0.361 e. The lowest BCUT2D eigenvalue weighted by Gasteiger charge is -2.16. The topological polar surface area (TPSA) is 65.2 Å². The zero-order valence-electron chi connectivity index (χ0n) is 16.2. The number of aromatic nitrogens is 1. The molecule has 1 atom stereocenters. The van der Waals surface area contributed by atoms with Crippen molar-refractivity contribution in [1.29, 1.82) is 0 Å². The standard InChI is InChI=1S/C23H24ClN3O2/c24-19-6-7-21-20(13-19)17(14-26-21)9-11-27-15-18(12-22(27)28)23(29)25-10-8-16-4-2-1-3-5-16/h1-7,13-14,18,26H,8-12,15H2,(H,25,29)/t18-/m1/s1. The second-order valence-corrected chi connectivity index (χ2v) is 7.96. The Labute approximate surface area is 175 Å². The minimum atomic E-state index is -0.268. The van der Waals surface area contributed by atoms with Crippen LogP contribution in [-0.2, 0) is 22.4 Å². The summed E-state index contributed by atoms with van der Waals surface area (Å²) < 4.78 is 0. The van der Waals surface area contributed by atoms with Crippen LogP contribution in [0.1, 0.15) is 17.5 Å². The van der Waals surface area contributed by atoms with E-state index >= 15 is 0 Å². The number of carbonyl (C=O) groups is 2. The highest BCUT2D eigenvalue weighted by Gasteiger charge is 2.33. The first-order chi connectivity index (χ1) is 14.1. The Morgan fingerprint density at radius 2 is 2.00 bits per heavy atom. The highest BCUT2D eigenvalue weighted by atomic mass is 35.5. The van der Waals surface area contributed by atoms with Crippen molar-refractivity contribution in [3.8, 4) is 0 Å². The highest BCUT2D eigenvalue weighted by Crippen LogP contribution is 2.24. The van der Waals surface area contributed by atoms with Crippen LogP contribution in [0.5, 0.6) is 0 Å². The van der Waals surface area contributed by atoms with Crippen LogP contribution in [0.4, 0.5) is 0 Å². The molecule has 0 spiro atoms. The number of likely N-dealkylation sites (tertiary alicyclic amines) is 1. The normalized spacial score (nSPS) is 16.5. The van der Waals surface area contributed by atoms with Crippen molar-refractivity contribution in [3.05, 3.63) is 70.9 Å². The predicted molar refractivity (Wildman–Crippen MR) is 115 cm³/mol. The molecule has 0 unspecified atom stereocenters. The molecule has 2 aromatic carbocycles. The van der Waals surface area contributed by atoms with Crippen LogP contribution in [0.2, 0.25) is 5.02 Å². The summed E-state index contributed by atoms with van der Waals surface area (Å²) in [5.74, 6) is -0.252. The van der Waals surface area contributed by atoms with E-state index in [0.717, 1.165) is 29.3 Å². The first-order valence-corrected chi connectivity index (χ1v) is 10.3. The third kappa shape index (κ3) is 4.62. The van der Waals surface area contributed by atoms with Gasteiger partial charge in [0.25, 0.3) is 0 Å². The summed E-state index contributed by atoms with van der Waals surface area (Å²) in [6.45, 7) is 1.68. The van der Waals surface area contributed by atoms with Crippen molar-refractivity contribution in [2.45, 2.75) is 19.3 Å². The SMILES string of the molecule is O=C(NCCc1ccccc1)[C@@H]1CC(=O)N(CCc2c[nH]c3ccc(Cl)cc23)C1. The number of halogens is 1. The fraction of sp³-hybridized carbons (Fsp3) is 0.304. The number of rotatable bonds is 7. The van der Waals surface area contributed by atoms with Crippen LogP contribution in [0.25, 0.3) is 10.9 Å². The van der Waals surface area contributed by atoms with Gasteiger partial charge in [-0.1, -0.05) is 41.9 Å². The van der Waals surface area contributed by atoms with Gasteiger partial charge in [0.2, 0.25) is 11.8 Å². The predicted octanol–water partition coefficient (Wildman–Crippen LogP) is 3.57. The fourth-order valence-corrected chi connectivity index (χ4v) is 4.07. The Balaban J connectivity index is 1.28. The third-order valence-corrected chi connectivity index (χ3v) is 5.76. The van der Waals surface area contributed by atoms with Crippen LogP contribution in [0, 0.1) is 5.92 Å². The number of nitrogens with one attached hydrogen (secondary N) is 2. The Morgan fingerprint density at radius 3 is 2.83 bits per heavy atom. The molecular weight excluding hydrogens is 386 g/mol. The van der Waals surface area contributed by atoms with Crippen molar-refractivity contribution in [2.75, 3.05) is 19.6 Å². The van der Waals surface area contributed by atoms with Crippen LogP contribution >= 0.6 is 11.6 Å². The van der Waals surface area contributed by atoms with Crippen LogP contribution in [0.3, 0.4) is 0 Å². The van der Waals surface area contributed by atoms with Crippen LogP contribution in [-0.4, -0.2) is 41.3 Å². The van der Waals surface area contributed by atoms with Gasteiger partial charge < -0.3 is 15.2 Å². The monoisotopic (exact) mass is 409 g/mol. The Morgan fingerprint density at radius 1 is 1.17 bits per heavy atom. The lowest BCUT2D eigenvalue weighted by atomic mass is 10.1. The molecule has 1 aliphatic heterocycles. The molecule has 1 fully saturated rings. The average molecular weight is 410 g/mol. The van der Waals surface area contributed by atoms with Gasteiger partial charge in [0.05, 0.1) is 5.92 Å². The molecule has 29 heavy (non-hydrogen) atoms. The second kappa shape index (κ2) is 8.70. The molecule has 0 bridgehead atoms. The van der Waals surface area contributed by atoms with Gasteiger partial charge in [-0.05, 0) is 42.2 Å². The maximum atomic E-state index is 12.5. The number of amides is 2. The Kier molecular flexibility index (Phi) is 5.86. The molecule has 6 heteroatoms. The highest BCUT2D eigenvalue weighted by molar-refractivity contribution is 6.31. The van der Waals surface area contributed by atoms with Gasteiger partial charge >= 0.3 is 0 Å². The van der Waals surface area contributed by atoms with E-state index in [4.69, 9.17) is 11.6 Å². The summed E-state index contributed by atoms with van der Waals surface area (Å²) in [5, 5.41) is 4.76. The Bertz CT molecular complexity index is 1020. The molecule has 150 valence electrons. The van der Waals surface area contributed by atoms with E-state index in [1.54, 1.807) is 4.90 Å². The fourth-order valence-electron chi connectivity index (χ4n) is 3.90. The van der Waals surface area contributed by atoms with Crippen molar-refractivity contribution < 1.29 is 9.59 Å². The molecule has 2 heterocycles. The summed E-state index contributed by atoms with van der Waals surface area (Å²) in [6, 6.07) is 15.8. The number of benzene rings is 2. The molecule has 1 saturated heterocycles. The summed E-state index contributed by atoms with van der Waals surface area (Å²) in [4.78, 5) is 29.9. The van der Waals surface area contributed by atoms with E-state index in [0.29, 0.717) is 24.7 Å². The lowest BCUT2D eigenvalue weighted by molar-refractivity contribution is -0.129. The van der Waals surface area contributed by atoms with E-state index in [-0.39, 0.29) is 24.2 Å². The molecule has 1 aliphatic rings. The van der Waals surface area contributed by atoms with Gasteiger partial charge in [-0.3, -0.25) is 9.59 Å². The molecule has 2 N–H and O–H groups in total. The minimum absolute atomic E-state index is 0.0318. The maximum absolute atomic E-state index is 12.5. The quantitative estimate of drug-likeness (QED) is 0.626. The van der Waals surface area contributed by atoms with Gasteiger partial charge in [0.15, 0.2) is 0 Å². The first kappa shape index (κ1) is 19.5. The van der Waals surface area contributed by atoms with E-state index in [9.17, 15) is 9.59 Å². The molecule has 2 amide bonds. The second-order valence-electron chi connectivity index (χ2n) is 7.52. The van der Waals surface area contributed by atoms with Gasteiger partial charge in [-0.25, -0.2) is 0 Å². The number of H-pyrrole nitrogens is 1. The molecule has 0 aliphatic carbocycles. The number of fused-ring (bicyclic) bond motifs is 1. The molecule has 0 saturated carbocycles. The minimum Gasteiger partial charge on any atom is -0.361 e. The third-order valence-electron chi connectivity index (χ3n) is 5.52. The summed E-state index contributed by atoms with van der Waals surface area (Å²) in [6.07, 6.45) is 3.78. The van der Waals surface area contributed by atoms with Gasteiger partial charge in [0, 0.05) is 48.2 Å². The first-order valence-electron chi connectivity index (χ1n) is 9.95. The van der Waals surface area contributed by atoms with E-state index in [1.807, 2.05) is 54.7 Å². The zero-order valence-corrected chi connectivity index (χ0v) is 16.9. The number of carbonyl (C=O) groups excluding carboxylic acids is 2. The Hall–Kier alpha value is -2.79. The molecule has 3 aromatic rings. The van der Waals surface area contributed by atoms with Crippen LogP contribution < -0.4 is 5.32 Å². The van der Waals surface area contributed by atoms with E-state index in [1.165, 1.54) is 5.56 Å². The van der Waals surface area contributed by atoms with E-state index < -0.39 is 0 Å². The lowest BCUT2D eigenvalue weighted by Crippen LogP contribution is -2.34. The summed E-state index contributed by atoms with van der Waals surface area (Å²) in [5.41, 5.74) is 3.36. The maximum Gasteiger partial charge on any atom is 0.225 e. The average Bonchev–Trinajstić information content (AvgIpc) is 3.30.